The number of rotatable bonds is 11. The first-order valence-corrected chi connectivity index (χ1v) is 14.8. The molecule has 2 heterocycles. The Kier molecular flexibility index (Phi) is 10.1. The zero-order valence-electron chi connectivity index (χ0n) is 25.7. The molecule has 0 saturated carbocycles. The van der Waals surface area contributed by atoms with Gasteiger partial charge in [0.15, 0.2) is 0 Å². The lowest BCUT2D eigenvalue weighted by Gasteiger charge is -2.27. The van der Waals surface area contributed by atoms with Gasteiger partial charge in [-0.25, -0.2) is 14.7 Å². The van der Waals surface area contributed by atoms with Crippen molar-refractivity contribution in [2.75, 3.05) is 50.7 Å². The third-order valence-corrected chi connectivity index (χ3v) is 7.53. The number of benzene rings is 3. The van der Waals surface area contributed by atoms with Gasteiger partial charge >= 0.3 is 6.09 Å². The molecule has 3 aromatic carbocycles. The van der Waals surface area contributed by atoms with Gasteiger partial charge in [-0.2, -0.15) is 4.98 Å². The van der Waals surface area contributed by atoms with Crippen molar-refractivity contribution in [2.45, 2.75) is 33.1 Å². The lowest BCUT2D eigenvalue weighted by Crippen LogP contribution is -2.33. The first-order valence-electron chi connectivity index (χ1n) is 14.8. The third kappa shape index (κ3) is 7.57. The molecule has 1 fully saturated rings. The second-order valence-electron chi connectivity index (χ2n) is 10.6. The summed E-state index contributed by atoms with van der Waals surface area (Å²) in [4.78, 5) is 26.5. The maximum Gasteiger partial charge on any atom is 0.425 e. The fourth-order valence-corrected chi connectivity index (χ4v) is 5.27. The lowest BCUT2D eigenvalue weighted by atomic mass is 10.1. The van der Waals surface area contributed by atoms with Crippen molar-refractivity contribution in [2.24, 2.45) is 0 Å². The maximum absolute atomic E-state index is 13.9. The SMILES string of the molecule is COc1ccc(N(C(=O)Oc2ccnc(Nc3ccc(OCCN4CCCCC4)cc3)n2)c2c(C)cccc2C)c(OC)c1. The van der Waals surface area contributed by atoms with Gasteiger partial charge in [-0.15, -0.1) is 0 Å². The number of hydrogen-bond donors (Lipinski definition) is 1. The van der Waals surface area contributed by atoms with Crippen LogP contribution in [0.2, 0.25) is 0 Å². The van der Waals surface area contributed by atoms with Gasteiger partial charge < -0.3 is 24.3 Å². The van der Waals surface area contributed by atoms with Crippen LogP contribution in [0.1, 0.15) is 30.4 Å². The van der Waals surface area contributed by atoms with Gasteiger partial charge in [0.1, 0.15) is 23.9 Å². The fourth-order valence-electron chi connectivity index (χ4n) is 5.27. The van der Waals surface area contributed by atoms with Crippen LogP contribution in [-0.2, 0) is 0 Å². The average Bonchev–Trinajstić information content (AvgIpc) is 3.04. The lowest BCUT2D eigenvalue weighted by molar-refractivity contribution is 0.183. The van der Waals surface area contributed by atoms with E-state index < -0.39 is 6.09 Å². The second kappa shape index (κ2) is 14.6. The highest BCUT2D eigenvalue weighted by atomic mass is 16.6. The van der Waals surface area contributed by atoms with Crippen LogP contribution in [0.4, 0.5) is 27.8 Å². The van der Waals surface area contributed by atoms with E-state index >= 15 is 0 Å². The highest BCUT2D eigenvalue weighted by Gasteiger charge is 2.27. The first-order chi connectivity index (χ1) is 21.4. The summed E-state index contributed by atoms with van der Waals surface area (Å²) in [5.74, 6) is 2.23. The molecule has 1 N–H and O–H groups in total. The summed E-state index contributed by atoms with van der Waals surface area (Å²) in [6.07, 6.45) is 4.75. The van der Waals surface area contributed by atoms with Gasteiger partial charge in [-0.3, -0.25) is 4.90 Å². The summed E-state index contributed by atoms with van der Waals surface area (Å²) in [7, 11) is 3.12. The Balaban J connectivity index is 1.29. The van der Waals surface area contributed by atoms with Gasteiger partial charge in [-0.05, 0) is 87.3 Å². The third-order valence-electron chi connectivity index (χ3n) is 7.53. The number of anilines is 4. The van der Waals surface area contributed by atoms with Crippen molar-refractivity contribution in [3.63, 3.8) is 0 Å². The minimum atomic E-state index is -0.651. The number of ether oxygens (including phenoxy) is 4. The van der Waals surface area contributed by atoms with E-state index in [1.54, 1.807) is 32.4 Å². The number of carbonyl (C=O) groups excluding carboxylic acids is 1. The Hall–Kier alpha value is -4.83. The molecule has 1 amide bonds. The van der Waals surface area contributed by atoms with Crippen molar-refractivity contribution in [3.8, 4) is 23.1 Å². The number of methoxy groups -OCH3 is 2. The predicted octanol–water partition coefficient (Wildman–Crippen LogP) is 7.06. The number of amides is 1. The topological polar surface area (TPSA) is 98.3 Å². The van der Waals surface area contributed by atoms with E-state index in [0.29, 0.717) is 29.5 Å². The number of piperidine rings is 1. The summed E-state index contributed by atoms with van der Waals surface area (Å²) in [6, 6.07) is 20.2. The molecule has 0 radical (unpaired) electrons. The van der Waals surface area contributed by atoms with Crippen LogP contribution in [0.25, 0.3) is 0 Å². The number of para-hydroxylation sites is 1. The van der Waals surface area contributed by atoms with E-state index in [1.807, 2.05) is 56.3 Å². The number of nitrogens with one attached hydrogen (secondary N) is 1. The first kappa shape index (κ1) is 30.6. The quantitative estimate of drug-likeness (QED) is 0.195. The molecule has 10 heteroatoms. The van der Waals surface area contributed by atoms with Crippen LogP contribution in [0, 0.1) is 13.8 Å². The molecule has 1 aliphatic heterocycles. The normalized spacial score (nSPS) is 13.2. The van der Waals surface area contributed by atoms with Crippen molar-refractivity contribution in [3.05, 3.63) is 84.1 Å². The Morgan fingerprint density at radius 2 is 1.64 bits per heavy atom. The average molecular weight is 598 g/mol. The van der Waals surface area contributed by atoms with Crippen molar-refractivity contribution >= 4 is 29.1 Å². The molecule has 1 saturated heterocycles. The van der Waals surface area contributed by atoms with Gasteiger partial charge in [0.05, 0.1) is 25.6 Å². The van der Waals surface area contributed by atoms with E-state index in [9.17, 15) is 4.79 Å². The number of aromatic nitrogens is 2. The number of hydrogen-bond acceptors (Lipinski definition) is 9. The molecule has 4 aromatic rings. The number of nitrogens with zero attached hydrogens (tertiary/aromatic N) is 4. The van der Waals surface area contributed by atoms with E-state index in [-0.39, 0.29) is 11.8 Å². The minimum absolute atomic E-state index is 0.0916. The van der Waals surface area contributed by atoms with E-state index in [1.165, 1.54) is 36.4 Å². The summed E-state index contributed by atoms with van der Waals surface area (Å²) < 4.78 is 22.8. The van der Waals surface area contributed by atoms with Gasteiger partial charge in [0.25, 0.3) is 0 Å². The van der Waals surface area contributed by atoms with Crippen LogP contribution >= 0.6 is 0 Å². The maximum atomic E-state index is 13.9. The molecule has 0 bridgehead atoms. The smallest absolute Gasteiger partial charge is 0.425 e. The largest absolute Gasteiger partial charge is 0.497 e. The Bertz CT molecular complexity index is 1540. The number of aryl methyl sites for hydroxylation is 2. The van der Waals surface area contributed by atoms with Crippen LogP contribution in [0.5, 0.6) is 23.1 Å². The summed E-state index contributed by atoms with van der Waals surface area (Å²) >= 11 is 0. The van der Waals surface area contributed by atoms with Crippen LogP contribution < -0.4 is 29.2 Å². The molecule has 0 atom stereocenters. The molecule has 230 valence electrons. The standard InChI is InChI=1S/C34H39N5O5/c1-24-9-8-10-25(2)32(24)39(29-16-15-28(41-3)23-30(29)42-4)34(40)44-31-17-18-35-33(37-31)36-26-11-13-27(14-12-26)43-22-21-38-19-6-5-7-20-38/h8-18,23H,5-7,19-22H2,1-4H3,(H,35,36,37). The van der Waals surface area contributed by atoms with E-state index in [4.69, 9.17) is 18.9 Å². The highest BCUT2D eigenvalue weighted by Crippen LogP contribution is 2.39. The number of likely N-dealkylation sites (tertiary alicyclic amines) is 1. The second-order valence-corrected chi connectivity index (χ2v) is 10.6. The fraction of sp³-hybridized carbons (Fsp3) is 0.324. The Morgan fingerprint density at radius 1 is 0.909 bits per heavy atom. The van der Waals surface area contributed by atoms with Gasteiger partial charge in [0, 0.05) is 30.6 Å². The molecular formula is C34H39N5O5. The van der Waals surface area contributed by atoms with Crippen molar-refractivity contribution in [1.82, 2.24) is 14.9 Å². The van der Waals surface area contributed by atoms with E-state index in [0.717, 1.165) is 42.2 Å². The summed E-state index contributed by atoms with van der Waals surface area (Å²) in [5.41, 5.74) is 3.75. The van der Waals surface area contributed by atoms with Gasteiger partial charge in [-0.1, -0.05) is 24.6 Å². The van der Waals surface area contributed by atoms with Crippen molar-refractivity contribution in [1.29, 1.82) is 0 Å². The zero-order valence-corrected chi connectivity index (χ0v) is 25.7. The highest BCUT2D eigenvalue weighted by molar-refractivity contribution is 6.00. The molecule has 10 nitrogen and oxygen atoms in total. The number of carbonyl (C=O) groups is 1. The van der Waals surface area contributed by atoms with Crippen LogP contribution in [0.3, 0.4) is 0 Å². The zero-order chi connectivity index (χ0) is 30.9. The Labute approximate surface area is 258 Å². The molecule has 1 aromatic heterocycles. The monoisotopic (exact) mass is 597 g/mol. The molecule has 0 aliphatic carbocycles. The minimum Gasteiger partial charge on any atom is -0.497 e. The summed E-state index contributed by atoms with van der Waals surface area (Å²) in [5, 5.41) is 3.17. The molecule has 44 heavy (non-hydrogen) atoms. The molecule has 5 rings (SSSR count). The molecule has 1 aliphatic rings. The molecule has 0 unspecified atom stereocenters. The van der Waals surface area contributed by atoms with Crippen LogP contribution in [-0.4, -0.2) is 61.4 Å². The predicted molar refractivity (Wildman–Crippen MR) is 171 cm³/mol. The van der Waals surface area contributed by atoms with Crippen LogP contribution in [0.15, 0.2) is 72.9 Å². The summed E-state index contributed by atoms with van der Waals surface area (Å²) in [6.45, 7) is 7.78. The van der Waals surface area contributed by atoms with E-state index in [2.05, 4.69) is 20.2 Å². The molecular weight excluding hydrogens is 558 g/mol. The Morgan fingerprint density at radius 3 is 2.34 bits per heavy atom. The van der Waals surface area contributed by atoms with Crippen molar-refractivity contribution < 1.29 is 23.7 Å². The van der Waals surface area contributed by atoms with Gasteiger partial charge in [0.2, 0.25) is 11.8 Å². The molecule has 0 spiro atoms.